The largest absolute Gasteiger partial charge is 0.480 e. The van der Waals surface area contributed by atoms with Crippen LogP contribution < -0.4 is 10.6 Å². The van der Waals surface area contributed by atoms with Crippen molar-refractivity contribution in [3.05, 3.63) is 0 Å². The van der Waals surface area contributed by atoms with E-state index in [1.165, 1.54) is 38.5 Å². The van der Waals surface area contributed by atoms with Gasteiger partial charge in [-0.2, -0.15) is 0 Å². The molecule has 2 amide bonds. The van der Waals surface area contributed by atoms with Crippen LogP contribution in [0.4, 0.5) is 4.79 Å². The third kappa shape index (κ3) is 12.2. The van der Waals surface area contributed by atoms with Crippen LogP contribution in [-0.2, 0) is 4.79 Å². The van der Waals surface area contributed by atoms with Gasteiger partial charge in [0.2, 0.25) is 0 Å². The molecule has 124 valence electrons. The van der Waals surface area contributed by atoms with Gasteiger partial charge in [0.1, 0.15) is 6.04 Å². The Labute approximate surface area is 128 Å². The van der Waals surface area contributed by atoms with Crippen LogP contribution in [-0.4, -0.2) is 29.7 Å². The van der Waals surface area contributed by atoms with Gasteiger partial charge in [0.25, 0.3) is 0 Å². The normalized spacial score (nSPS) is 11.9. The highest BCUT2D eigenvalue weighted by Crippen LogP contribution is 2.07. The average Bonchev–Trinajstić information content (AvgIpc) is 2.45. The van der Waals surface area contributed by atoms with Gasteiger partial charge in [0.05, 0.1) is 0 Å². The van der Waals surface area contributed by atoms with Gasteiger partial charge in [0.15, 0.2) is 0 Å². The smallest absolute Gasteiger partial charge is 0.326 e. The van der Waals surface area contributed by atoms with E-state index in [9.17, 15) is 9.59 Å². The molecular weight excluding hydrogens is 268 g/mol. The molecule has 0 saturated heterocycles. The number of carboxylic acids is 1. The highest BCUT2D eigenvalue weighted by atomic mass is 16.4. The molecule has 5 nitrogen and oxygen atoms in total. The quantitative estimate of drug-likeness (QED) is 0.454. The minimum atomic E-state index is -0.973. The lowest BCUT2D eigenvalue weighted by Crippen LogP contribution is -2.46. The molecule has 0 fully saturated rings. The summed E-state index contributed by atoms with van der Waals surface area (Å²) in [5.41, 5.74) is 0. The van der Waals surface area contributed by atoms with E-state index < -0.39 is 12.0 Å². The van der Waals surface area contributed by atoms with E-state index >= 15 is 0 Å². The summed E-state index contributed by atoms with van der Waals surface area (Å²) in [7, 11) is 0. The van der Waals surface area contributed by atoms with Crippen molar-refractivity contribution >= 4 is 12.0 Å². The number of nitrogens with one attached hydrogen (secondary N) is 2. The molecule has 0 aliphatic carbocycles. The minimum absolute atomic E-state index is 0.376. The first-order valence-electron chi connectivity index (χ1n) is 8.39. The molecule has 0 aromatic rings. The maximum absolute atomic E-state index is 11.6. The molecule has 1 unspecified atom stereocenters. The van der Waals surface area contributed by atoms with E-state index in [2.05, 4.69) is 17.6 Å². The van der Waals surface area contributed by atoms with Gasteiger partial charge < -0.3 is 15.7 Å². The summed E-state index contributed by atoms with van der Waals surface area (Å²) in [5, 5.41) is 14.2. The van der Waals surface area contributed by atoms with Crippen LogP contribution in [0.15, 0.2) is 0 Å². The van der Waals surface area contributed by atoms with Crippen molar-refractivity contribution in [2.75, 3.05) is 6.54 Å². The minimum Gasteiger partial charge on any atom is -0.480 e. The number of unbranched alkanes of at least 4 members (excludes halogenated alkanes) is 7. The van der Waals surface area contributed by atoms with Crippen molar-refractivity contribution in [2.45, 2.75) is 84.1 Å². The van der Waals surface area contributed by atoms with E-state index in [1.807, 2.05) is 6.92 Å². The number of carbonyl (C=O) groups excluding carboxylic acids is 1. The van der Waals surface area contributed by atoms with Crippen molar-refractivity contribution in [3.8, 4) is 0 Å². The first-order chi connectivity index (χ1) is 10.1. The van der Waals surface area contributed by atoms with Crippen molar-refractivity contribution in [3.63, 3.8) is 0 Å². The van der Waals surface area contributed by atoms with Crippen LogP contribution in [0.25, 0.3) is 0 Å². The maximum atomic E-state index is 11.6. The van der Waals surface area contributed by atoms with Gasteiger partial charge in [-0.15, -0.1) is 0 Å². The van der Waals surface area contributed by atoms with Crippen molar-refractivity contribution in [1.29, 1.82) is 0 Å². The lowest BCUT2D eigenvalue weighted by molar-refractivity contribution is -0.139. The number of aliphatic carboxylic acids is 1. The monoisotopic (exact) mass is 300 g/mol. The fourth-order valence-electron chi connectivity index (χ4n) is 2.22. The van der Waals surface area contributed by atoms with Crippen molar-refractivity contribution in [1.82, 2.24) is 10.6 Å². The van der Waals surface area contributed by atoms with Crippen LogP contribution in [0.5, 0.6) is 0 Å². The SMILES string of the molecule is CCCCCCCCCCNC(=O)NC(CCC)C(=O)O. The Morgan fingerprint density at radius 3 is 2.00 bits per heavy atom. The highest BCUT2D eigenvalue weighted by Gasteiger charge is 2.18. The molecule has 0 aliphatic heterocycles. The second-order valence-electron chi connectivity index (χ2n) is 5.55. The molecule has 0 aromatic heterocycles. The zero-order valence-corrected chi connectivity index (χ0v) is 13.6. The molecule has 0 spiro atoms. The Kier molecular flexibility index (Phi) is 12.9. The Morgan fingerprint density at radius 2 is 1.48 bits per heavy atom. The number of hydrogen-bond donors (Lipinski definition) is 3. The molecule has 0 radical (unpaired) electrons. The molecule has 0 aromatic carbocycles. The zero-order valence-electron chi connectivity index (χ0n) is 13.6. The fourth-order valence-corrected chi connectivity index (χ4v) is 2.22. The topological polar surface area (TPSA) is 78.4 Å². The number of hydrogen-bond acceptors (Lipinski definition) is 2. The van der Waals surface area contributed by atoms with Crippen LogP contribution in [0.1, 0.15) is 78.1 Å². The number of amides is 2. The molecule has 0 aliphatic rings. The van der Waals surface area contributed by atoms with Crippen molar-refractivity contribution < 1.29 is 14.7 Å². The lowest BCUT2D eigenvalue weighted by atomic mass is 10.1. The number of carbonyl (C=O) groups is 2. The van der Waals surface area contributed by atoms with E-state index in [0.717, 1.165) is 19.3 Å². The first-order valence-corrected chi connectivity index (χ1v) is 8.39. The Balaban J connectivity index is 3.50. The Hall–Kier alpha value is -1.26. The summed E-state index contributed by atoms with van der Waals surface area (Å²) < 4.78 is 0. The summed E-state index contributed by atoms with van der Waals surface area (Å²) in [6.07, 6.45) is 11.0. The average molecular weight is 300 g/mol. The lowest BCUT2D eigenvalue weighted by Gasteiger charge is -2.14. The van der Waals surface area contributed by atoms with Crippen LogP contribution >= 0.6 is 0 Å². The maximum Gasteiger partial charge on any atom is 0.326 e. The fraction of sp³-hybridized carbons (Fsp3) is 0.875. The van der Waals surface area contributed by atoms with Gasteiger partial charge in [-0.3, -0.25) is 0 Å². The summed E-state index contributed by atoms with van der Waals surface area (Å²) in [4.78, 5) is 22.5. The molecule has 1 atom stereocenters. The van der Waals surface area contributed by atoms with Crippen LogP contribution in [0, 0.1) is 0 Å². The number of urea groups is 1. The highest BCUT2D eigenvalue weighted by molar-refractivity contribution is 5.82. The van der Waals surface area contributed by atoms with Gasteiger partial charge in [-0.05, 0) is 12.8 Å². The zero-order chi connectivity index (χ0) is 15.9. The van der Waals surface area contributed by atoms with E-state index in [-0.39, 0.29) is 6.03 Å². The van der Waals surface area contributed by atoms with E-state index in [1.54, 1.807) is 0 Å². The molecule has 0 bridgehead atoms. The van der Waals surface area contributed by atoms with Gasteiger partial charge in [-0.1, -0.05) is 65.2 Å². The predicted molar refractivity (Wildman–Crippen MR) is 85.5 cm³/mol. The van der Waals surface area contributed by atoms with Gasteiger partial charge >= 0.3 is 12.0 Å². The summed E-state index contributed by atoms with van der Waals surface area (Å²) in [5.74, 6) is -0.973. The second kappa shape index (κ2) is 13.7. The Bertz CT molecular complexity index is 283. The van der Waals surface area contributed by atoms with E-state index in [4.69, 9.17) is 5.11 Å². The molecule has 5 heteroatoms. The number of carboxylic acid groups (broad SMARTS) is 1. The summed E-state index contributed by atoms with van der Waals surface area (Å²) in [6, 6.07) is -1.16. The molecule has 0 saturated carbocycles. The molecule has 0 heterocycles. The second-order valence-corrected chi connectivity index (χ2v) is 5.55. The molecular formula is C16H32N2O3. The number of rotatable bonds is 13. The van der Waals surface area contributed by atoms with Gasteiger partial charge in [0, 0.05) is 6.54 Å². The molecule has 21 heavy (non-hydrogen) atoms. The van der Waals surface area contributed by atoms with Gasteiger partial charge in [-0.25, -0.2) is 9.59 Å². The first kappa shape index (κ1) is 19.7. The predicted octanol–water partition coefficient (Wildman–Crippen LogP) is 3.68. The standard InChI is InChI=1S/C16H32N2O3/c1-3-5-6-7-8-9-10-11-13-17-16(21)18-14(12-4-2)15(19)20/h14H,3-13H2,1-2H3,(H,19,20)(H2,17,18,21). The summed E-state index contributed by atoms with van der Waals surface area (Å²) in [6.45, 7) is 4.72. The van der Waals surface area contributed by atoms with Crippen LogP contribution in [0.2, 0.25) is 0 Å². The third-order valence-corrected chi connectivity index (χ3v) is 3.50. The Morgan fingerprint density at radius 1 is 0.905 bits per heavy atom. The molecule has 3 N–H and O–H groups in total. The third-order valence-electron chi connectivity index (χ3n) is 3.50. The summed E-state index contributed by atoms with van der Waals surface area (Å²) >= 11 is 0. The molecule has 0 rings (SSSR count). The van der Waals surface area contributed by atoms with Crippen LogP contribution in [0.3, 0.4) is 0 Å². The van der Waals surface area contributed by atoms with E-state index in [0.29, 0.717) is 13.0 Å². The van der Waals surface area contributed by atoms with Crippen molar-refractivity contribution in [2.24, 2.45) is 0 Å².